The Labute approximate surface area is 135 Å². The molecule has 3 rings (SSSR count). The molecule has 0 amide bonds. The molecule has 3 nitrogen and oxygen atoms in total. The van der Waals surface area contributed by atoms with Crippen molar-refractivity contribution in [2.45, 2.75) is 25.6 Å². The lowest BCUT2D eigenvalue weighted by atomic mass is 10.2. The van der Waals surface area contributed by atoms with Gasteiger partial charge in [-0.15, -0.1) is 0 Å². The fourth-order valence-corrected chi connectivity index (χ4v) is 3.59. The lowest BCUT2D eigenvalue weighted by Crippen LogP contribution is -2.24. The molecule has 4 heteroatoms. The molecule has 0 N–H and O–H groups in total. The maximum Gasteiger partial charge on any atom is 0.136 e. The van der Waals surface area contributed by atoms with E-state index in [1.807, 2.05) is 6.07 Å². The molecule has 0 spiro atoms. The zero-order chi connectivity index (χ0) is 15.0. The lowest BCUT2D eigenvalue weighted by molar-refractivity contribution is 0.704. The van der Waals surface area contributed by atoms with E-state index in [1.165, 1.54) is 17.8 Å². The minimum atomic E-state index is 0.831. The maximum atomic E-state index is 4.76. The number of nitrogens with zero attached hydrogens (tertiary/aromatic N) is 3. The number of anilines is 1. The van der Waals surface area contributed by atoms with Crippen LogP contribution in [0.25, 0.3) is 5.69 Å². The minimum absolute atomic E-state index is 0.831. The van der Waals surface area contributed by atoms with Crippen LogP contribution in [-0.4, -0.2) is 23.4 Å². The zero-order valence-electron chi connectivity index (χ0n) is 12.9. The summed E-state index contributed by atoms with van der Waals surface area (Å²) in [4.78, 5) is 2.37. The number of aryl methyl sites for hydroxylation is 1. The third-order valence-electron chi connectivity index (χ3n) is 4.44. The Morgan fingerprint density at radius 3 is 2.57 bits per heavy atom. The molecule has 0 radical (unpaired) electrons. The molecule has 21 heavy (non-hydrogen) atoms. The van der Waals surface area contributed by atoms with Crippen molar-refractivity contribution in [3.05, 3.63) is 41.6 Å². The molecule has 0 saturated heterocycles. The normalized spacial score (nSPS) is 20.6. The summed E-state index contributed by atoms with van der Waals surface area (Å²) >= 11 is 3.63. The van der Waals surface area contributed by atoms with Gasteiger partial charge in [0.25, 0.3) is 0 Å². The molecule has 1 aromatic carbocycles. The fraction of sp³-hybridized carbons (Fsp3) is 0.471. The highest BCUT2D eigenvalue weighted by molar-refractivity contribution is 9.08. The molecule has 2 atom stereocenters. The quantitative estimate of drug-likeness (QED) is 0.757. The van der Waals surface area contributed by atoms with E-state index < -0.39 is 0 Å². The van der Waals surface area contributed by atoms with Crippen LogP contribution in [0.4, 0.5) is 5.82 Å². The summed E-state index contributed by atoms with van der Waals surface area (Å²) in [6.07, 6.45) is 1.35. The zero-order valence-corrected chi connectivity index (χ0v) is 14.5. The standard InChI is InChI=1S/C17H22BrN3/c1-12-9-14(12)11-20(3)17-16(10-18)13(2)19-21(17)15-7-5-4-6-8-15/h4-8,12,14H,9-11H2,1-3H3. The Morgan fingerprint density at radius 2 is 2.00 bits per heavy atom. The van der Waals surface area contributed by atoms with Crippen LogP contribution in [0.2, 0.25) is 0 Å². The second kappa shape index (κ2) is 5.84. The van der Waals surface area contributed by atoms with Crippen molar-refractivity contribution in [2.24, 2.45) is 11.8 Å². The molecule has 1 aliphatic rings. The maximum absolute atomic E-state index is 4.76. The molecule has 0 bridgehead atoms. The van der Waals surface area contributed by atoms with E-state index >= 15 is 0 Å². The Hall–Kier alpha value is -1.29. The molecular formula is C17H22BrN3. The van der Waals surface area contributed by atoms with E-state index in [0.29, 0.717) is 0 Å². The van der Waals surface area contributed by atoms with Gasteiger partial charge in [-0.1, -0.05) is 41.1 Å². The molecule has 1 aromatic heterocycles. The van der Waals surface area contributed by atoms with Gasteiger partial charge in [-0.3, -0.25) is 0 Å². The van der Waals surface area contributed by atoms with E-state index in [1.54, 1.807) is 0 Å². The van der Waals surface area contributed by atoms with Gasteiger partial charge in [-0.25, -0.2) is 4.68 Å². The van der Waals surface area contributed by atoms with Crippen molar-refractivity contribution in [3.8, 4) is 5.69 Å². The van der Waals surface area contributed by atoms with E-state index in [4.69, 9.17) is 5.10 Å². The number of benzene rings is 1. The highest BCUT2D eigenvalue weighted by Crippen LogP contribution is 2.39. The van der Waals surface area contributed by atoms with Gasteiger partial charge >= 0.3 is 0 Å². The SMILES string of the molecule is Cc1nn(-c2ccccc2)c(N(C)CC2CC2C)c1CBr. The summed E-state index contributed by atoms with van der Waals surface area (Å²) in [6.45, 7) is 5.54. The summed E-state index contributed by atoms with van der Waals surface area (Å²) in [7, 11) is 2.19. The Balaban J connectivity index is 2.00. The predicted molar refractivity (Wildman–Crippen MR) is 91.5 cm³/mol. The molecule has 1 saturated carbocycles. The number of para-hydroxylation sites is 1. The Bertz CT molecular complexity index is 620. The van der Waals surface area contributed by atoms with Crippen LogP contribution in [0.1, 0.15) is 24.6 Å². The van der Waals surface area contributed by atoms with Gasteiger partial charge in [0.2, 0.25) is 0 Å². The van der Waals surface area contributed by atoms with Crippen molar-refractivity contribution in [3.63, 3.8) is 0 Å². The number of aromatic nitrogens is 2. The summed E-state index contributed by atoms with van der Waals surface area (Å²) in [5.74, 6) is 2.92. The van der Waals surface area contributed by atoms with Crippen molar-refractivity contribution in [1.82, 2.24) is 9.78 Å². The molecule has 112 valence electrons. The molecule has 1 aliphatic carbocycles. The monoisotopic (exact) mass is 347 g/mol. The fourth-order valence-electron chi connectivity index (χ4n) is 2.94. The predicted octanol–water partition coefficient (Wildman–Crippen LogP) is 4.17. The first-order chi connectivity index (χ1) is 10.1. The number of rotatable bonds is 5. The Kier molecular flexibility index (Phi) is 4.07. The smallest absolute Gasteiger partial charge is 0.136 e. The minimum Gasteiger partial charge on any atom is -0.359 e. The second-order valence-electron chi connectivity index (χ2n) is 6.12. The van der Waals surface area contributed by atoms with Crippen LogP contribution in [0.5, 0.6) is 0 Å². The molecule has 2 unspecified atom stereocenters. The van der Waals surface area contributed by atoms with Crippen LogP contribution in [0.3, 0.4) is 0 Å². The van der Waals surface area contributed by atoms with Crippen LogP contribution < -0.4 is 4.90 Å². The Morgan fingerprint density at radius 1 is 1.33 bits per heavy atom. The first-order valence-corrected chi connectivity index (χ1v) is 8.65. The first-order valence-electron chi connectivity index (χ1n) is 7.52. The van der Waals surface area contributed by atoms with E-state index in [0.717, 1.165) is 35.1 Å². The number of hydrogen-bond acceptors (Lipinski definition) is 2. The van der Waals surface area contributed by atoms with Crippen LogP contribution >= 0.6 is 15.9 Å². The van der Waals surface area contributed by atoms with Gasteiger partial charge in [0, 0.05) is 24.5 Å². The summed E-state index contributed by atoms with van der Waals surface area (Å²) in [5, 5.41) is 5.60. The molecule has 0 aliphatic heterocycles. The molecule has 2 aromatic rings. The van der Waals surface area contributed by atoms with Gasteiger partial charge in [-0.05, 0) is 37.3 Å². The van der Waals surface area contributed by atoms with Crippen molar-refractivity contribution < 1.29 is 0 Å². The van der Waals surface area contributed by atoms with Gasteiger partial charge in [0.05, 0.1) is 11.4 Å². The third-order valence-corrected chi connectivity index (χ3v) is 5.00. The molecular weight excluding hydrogens is 326 g/mol. The average molecular weight is 348 g/mol. The number of alkyl halides is 1. The second-order valence-corrected chi connectivity index (χ2v) is 6.68. The van der Waals surface area contributed by atoms with Gasteiger partial charge in [0.1, 0.15) is 5.82 Å². The third kappa shape index (κ3) is 2.86. The van der Waals surface area contributed by atoms with Crippen LogP contribution in [-0.2, 0) is 5.33 Å². The molecule has 1 heterocycles. The summed E-state index contributed by atoms with van der Waals surface area (Å²) in [5.41, 5.74) is 3.51. The number of halogens is 1. The molecule has 1 fully saturated rings. The van der Waals surface area contributed by atoms with Gasteiger partial charge < -0.3 is 4.90 Å². The largest absolute Gasteiger partial charge is 0.359 e. The van der Waals surface area contributed by atoms with Crippen LogP contribution in [0, 0.1) is 18.8 Å². The van der Waals surface area contributed by atoms with Crippen LogP contribution in [0.15, 0.2) is 30.3 Å². The van der Waals surface area contributed by atoms with Gasteiger partial charge in [0.15, 0.2) is 0 Å². The lowest BCUT2D eigenvalue weighted by Gasteiger charge is -2.22. The number of hydrogen-bond donors (Lipinski definition) is 0. The van der Waals surface area contributed by atoms with E-state index in [-0.39, 0.29) is 0 Å². The highest BCUT2D eigenvalue weighted by atomic mass is 79.9. The summed E-state index contributed by atoms with van der Waals surface area (Å²) in [6, 6.07) is 10.4. The summed E-state index contributed by atoms with van der Waals surface area (Å²) < 4.78 is 2.08. The van der Waals surface area contributed by atoms with Crippen molar-refractivity contribution in [1.29, 1.82) is 0 Å². The highest BCUT2D eigenvalue weighted by Gasteiger charge is 2.34. The van der Waals surface area contributed by atoms with Gasteiger partial charge in [-0.2, -0.15) is 5.10 Å². The van der Waals surface area contributed by atoms with Crippen molar-refractivity contribution >= 4 is 21.7 Å². The average Bonchev–Trinajstić information content (AvgIpc) is 3.06. The first kappa shape index (κ1) is 14.6. The van der Waals surface area contributed by atoms with Crippen molar-refractivity contribution in [2.75, 3.05) is 18.5 Å². The topological polar surface area (TPSA) is 21.1 Å². The van der Waals surface area contributed by atoms with E-state index in [2.05, 4.69) is 70.7 Å². The van der Waals surface area contributed by atoms with E-state index in [9.17, 15) is 0 Å².